The molecule has 0 bridgehead atoms. The second-order valence-corrected chi connectivity index (χ2v) is 4.50. The summed E-state index contributed by atoms with van der Waals surface area (Å²) < 4.78 is 1.38. The molecule has 8 heteroatoms. The van der Waals surface area contributed by atoms with Crippen molar-refractivity contribution >= 4 is 11.8 Å². The minimum Gasteiger partial charge on any atom is -0.326 e. The topological polar surface area (TPSA) is 107 Å². The molecule has 0 atom stereocenters. The number of rotatable bonds is 3. The van der Waals surface area contributed by atoms with Crippen molar-refractivity contribution in [3.8, 4) is 0 Å². The van der Waals surface area contributed by atoms with Gasteiger partial charge in [0.1, 0.15) is 5.03 Å². The maximum Gasteiger partial charge on any atom is 0.339 e. The van der Waals surface area contributed by atoms with Crippen LogP contribution in [0.4, 0.5) is 0 Å². The quantitative estimate of drug-likeness (QED) is 0.723. The largest absolute Gasteiger partial charge is 0.339 e. The van der Waals surface area contributed by atoms with Gasteiger partial charge in [0.2, 0.25) is 0 Å². The molecule has 2 rings (SSSR count). The molecule has 2 aromatic heterocycles. The van der Waals surface area contributed by atoms with Crippen LogP contribution in [0, 0.1) is 0 Å². The predicted octanol–water partition coefficient (Wildman–Crippen LogP) is -0.527. The molecule has 0 aromatic carbocycles. The first-order valence-corrected chi connectivity index (χ1v) is 5.92. The van der Waals surface area contributed by atoms with Gasteiger partial charge in [-0.2, -0.15) is 4.98 Å². The summed E-state index contributed by atoms with van der Waals surface area (Å²) in [5, 5.41) is 3.40. The van der Waals surface area contributed by atoms with Crippen LogP contribution < -0.4 is 16.9 Å². The number of hydrogen-bond acceptors (Lipinski definition) is 6. The maximum atomic E-state index is 11.2. The van der Waals surface area contributed by atoms with Gasteiger partial charge in [-0.3, -0.25) is 19.4 Å². The number of H-pyrrole nitrogens is 1. The summed E-state index contributed by atoms with van der Waals surface area (Å²) in [6.07, 6.45) is 1.66. The first-order chi connectivity index (χ1) is 8.60. The van der Waals surface area contributed by atoms with Crippen molar-refractivity contribution in [1.82, 2.24) is 19.7 Å². The minimum atomic E-state index is -0.811. The van der Waals surface area contributed by atoms with E-state index in [1.54, 1.807) is 19.3 Å². The third-order valence-electron chi connectivity index (χ3n) is 2.18. The highest BCUT2D eigenvalue weighted by molar-refractivity contribution is 7.99. The van der Waals surface area contributed by atoms with E-state index >= 15 is 0 Å². The number of nitrogens with one attached hydrogen (secondary N) is 1. The van der Waals surface area contributed by atoms with Crippen molar-refractivity contribution in [2.45, 2.75) is 16.7 Å². The highest BCUT2D eigenvalue weighted by Gasteiger charge is 2.06. The number of pyridine rings is 1. The van der Waals surface area contributed by atoms with Crippen molar-refractivity contribution in [3.05, 3.63) is 44.6 Å². The van der Waals surface area contributed by atoms with Gasteiger partial charge >= 0.3 is 11.1 Å². The van der Waals surface area contributed by atoms with E-state index in [2.05, 4.69) is 15.1 Å². The minimum absolute atomic E-state index is 0.368. The van der Waals surface area contributed by atoms with Crippen LogP contribution in [-0.4, -0.2) is 19.7 Å². The molecule has 0 spiro atoms. The van der Waals surface area contributed by atoms with E-state index in [0.717, 1.165) is 5.56 Å². The Morgan fingerprint density at radius 2 is 2.22 bits per heavy atom. The number of aromatic amines is 1. The third-order valence-corrected chi connectivity index (χ3v) is 3.18. The van der Waals surface area contributed by atoms with Crippen molar-refractivity contribution in [2.75, 3.05) is 0 Å². The summed E-state index contributed by atoms with van der Waals surface area (Å²) in [4.78, 5) is 30.0. The van der Waals surface area contributed by atoms with E-state index in [9.17, 15) is 9.59 Å². The van der Waals surface area contributed by atoms with E-state index in [1.807, 2.05) is 6.07 Å². The van der Waals surface area contributed by atoms with Gasteiger partial charge in [-0.15, -0.1) is 0 Å². The van der Waals surface area contributed by atoms with E-state index in [0.29, 0.717) is 16.7 Å². The zero-order valence-corrected chi connectivity index (χ0v) is 10.4. The molecular formula is C10H11N5O2S. The molecule has 0 aliphatic heterocycles. The van der Waals surface area contributed by atoms with E-state index < -0.39 is 11.1 Å². The van der Waals surface area contributed by atoms with Gasteiger partial charge < -0.3 is 5.73 Å². The second-order valence-electron chi connectivity index (χ2n) is 3.51. The Morgan fingerprint density at radius 3 is 2.83 bits per heavy atom. The number of aromatic nitrogens is 4. The molecule has 18 heavy (non-hydrogen) atoms. The standard InChI is InChI=1S/C10H11N5O2S/c1-15-10(13-8(16)9(17)14-15)18-7-3-2-6(4-11)5-12-7/h2-3,5H,4,11H2,1H3,(H,14,17). The van der Waals surface area contributed by atoms with Crippen molar-refractivity contribution in [2.24, 2.45) is 12.8 Å². The highest BCUT2D eigenvalue weighted by atomic mass is 32.2. The van der Waals surface area contributed by atoms with Gasteiger partial charge in [-0.1, -0.05) is 6.07 Å². The second kappa shape index (κ2) is 5.15. The Bertz CT molecular complexity index is 661. The Hall–Kier alpha value is -1.93. The lowest BCUT2D eigenvalue weighted by atomic mass is 10.3. The average Bonchev–Trinajstić information content (AvgIpc) is 2.37. The van der Waals surface area contributed by atoms with Crippen LogP contribution >= 0.6 is 11.8 Å². The van der Waals surface area contributed by atoms with Crippen LogP contribution in [0.25, 0.3) is 0 Å². The number of nitrogens with zero attached hydrogens (tertiary/aromatic N) is 3. The lowest BCUT2D eigenvalue weighted by molar-refractivity contribution is 0.596. The lowest BCUT2D eigenvalue weighted by Gasteiger charge is -2.05. The van der Waals surface area contributed by atoms with E-state index in [1.165, 1.54) is 16.4 Å². The van der Waals surface area contributed by atoms with Gasteiger partial charge in [-0.25, -0.2) is 4.98 Å². The van der Waals surface area contributed by atoms with Crippen LogP contribution in [0.3, 0.4) is 0 Å². The molecule has 0 aliphatic carbocycles. The number of nitrogens with two attached hydrogens (primary N) is 1. The molecule has 0 amide bonds. The smallest absolute Gasteiger partial charge is 0.326 e. The van der Waals surface area contributed by atoms with Crippen LogP contribution in [-0.2, 0) is 13.6 Å². The van der Waals surface area contributed by atoms with Gasteiger partial charge in [0.25, 0.3) is 0 Å². The van der Waals surface area contributed by atoms with Crippen molar-refractivity contribution in [1.29, 1.82) is 0 Å². The third kappa shape index (κ3) is 2.66. The van der Waals surface area contributed by atoms with Gasteiger partial charge in [0.05, 0.1) is 0 Å². The molecule has 0 radical (unpaired) electrons. The Morgan fingerprint density at radius 1 is 1.44 bits per heavy atom. The summed E-state index contributed by atoms with van der Waals surface area (Å²) in [5.74, 6) is 0. The van der Waals surface area contributed by atoms with Crippen LogP contribution in [0.5, 0.6) is 0 Å². The van der Waals surface area contributed by atoms with Crippen LogP contribution in [0.2, 0.25) is 0 Å². The summed E-state index contributed by atoms with van der Waals surface area (Å²) in [6.45, 7) is 0.424. The zero-order chi connectivity index (χ0) is 13.1. The fourth-order valence-corrected chi connectivity index (χ4v) is 1.98. The normalized spacial score (nSPS) is 10.6. The molecule has 0 saturated heterocycles. The fraction of sp³-hybridized carbons (Fsp3) is 0.200. The molecule has 2 aromatic rings. The lowest BCUT2D eigenvalue weighted by Crippen LogP contribution is -2.33. The summed E-state index contributed by atoms with van der Waals surface area (Å²) in [7, 11) is 1.60. The molecule has 2 heterocycles. The predicted molar refractivity (Wildman–Crippen MR) is 66.4 cm³/mol. The summed E-state index contributed by atoms with van der Waals surface area (Å²) >= 11 is 1.19. The SMILES string of the molecule is Cn1[nH]c(=O)c(=O)nc1Sc1ccc(CN)cn1. The molecule has 0 fully saturated rings. The number of aryl methyl sites for hydroxylation is 1. The van der Waals surface area contributed by atoms with Crippen molar-refractivity contribution < 1.29 is 0 Å². The molecule has 94 valence electrons. The summed E-state index contributed by atoms with van der Waals surface area (Å²) in [6, 6.07) is 3.63. The first kappa shape index (κ1) is 12.5. The Labute approximate surface area is 106 Å². The van der Waals surface area contributed by atoms with E-state index in [4.69, 9.17) is 5.73 Å². The van der Waals surface area contributed by atoms with Crippen LogP contribution in [0.15, 0.2) is 38.1 Å². The summed E-state index contributed by atoms with van der Waals surface area (Å²) in [5.41, 5.74) is 4.83. The molecule has 3 N–H and O–H groups in total. The first-order valence-electron chi connectivity index (χ1n) is 5.10. The molecular weight excluding hydrogens is 254 g/mol. The zero-order valence-electron chi connectivity index (χ0n) is 9.58. The van der Waals surface area contributed by atoms with E-state index in [-0.39, 0.29) is 0 Å². The van der Waals surface area contributed by atoms with Crippen molar-refractivity contribution in [3.63, 3.8) is 0 Å². The van der Waals surface area contributed by atoms with Gasteiger partial charge in [-0.05, 0) is 23.4 Å². The highest BCUT2D eigenvalue weighted by Crippen LogP contribution is 2.21. The molecule has 7 nitrogen and oxygen atoms in total. The van der Waals surface area contributed by atoms with Crippen LogP contribution in [0.1, 0.15) is 5.56 Å². The molecule has 0 unspecified atom stereocenters. The number of hydrogen-bond donors (Lipinski definition) is 2. The van der Waals surface area contributed by atoms with Gasteiger partial charge in [0.15, 0.2) is 5.16 Å². The Balaban J connectivity index is 2.30. The fourth-order valence-electron chi connectivity index (χ4n) is 1.24. The maximum absolute atomic E-state index is 11.2. The average molecular weight is 265 g/mol. The van der Waals surface area contributed by atoms with Gasteiger partial charge in [0, 0.05) is 19.8 Å². The monoisotopic (exact) mass is 265 g/mol. The Kier molecular flexibility index (Phi) is 3.58. The molecule has 0 saturated carbocycles. The molecule has 0 aliphatic rings.